The number of nitriles is 1. The van der Waals surface area contributed by atoms with E-state index in [0.29, 0.717) is 22.2 Å². The molecule has 1 atom stereocenters. The molecule has 1 aliphatic rings. The Hall–Kier alpha value is -1.83. The molecule has 20 heavy (non-hydrogen) atoms. The molecule has 104 valence electrons. The van der Waals surface area contributed by atoms with E-state index in [0.717, 1.165) is 4.90 Å². The molecule has 0 saturated heterocycles. The Morgan fingerprint density at radius 3 is 2.75 bits per heavy atom. The number of fused-ring (bicyclic) bond motifs is 1. The number of hydrogen-bond donors (Lipinski definition) is 0. The van der Waals surface area contributed by atoms with Gasteiger partial charge in [0.25, 0.3) is 0 Å². The van der Waals surface area contributed by atoms with Gasteiger partial charge in [0.2, 0.25) is 0 Å². The van der Waals surface area contributed by atoms with E-state index in [9.17, 15) is 9.59 Å². The zero-order valence-corrected chi connectivity index (χ0v) is 13.2. The summed E-state index contributed by atoms with van der Waals surface area (Å²) in [6.07, 6.45) is 0. The van der Waals surface area contributed by atoms with Crippen LogP contribution >= 0.6 is 0 Å². The molecule has 0 aromatic heterocycles. The molecule has 0 N–H and O–H groups in total. The number of ether oxygens (including phenoxy) is 1. The van der Waals surface area contributed by atoms with Gasteiger partial charge < -0.3 is 0 Å². The van der Waals surface area contributed by atoms with Crippen molar-refractivity contribution in [2.45, 2.75) is 17.7 Å². The molecule has 0 spiro atoms. The molecule has 1 aromatic rings. The minimum absolute atomic E-state index is 0.264. The van der Waals surface area contributed by atoms with Gasteiger partial charge in [0, 0.05) is 0 Å². The van der Waals surface area contributed by atoms with Gasteiger partial charge in [-0.2, -0.15) is 0 Å². The van der Waals surface area contributed by atoms with Gasteiger partial charge in [-0.05, 0) is 0 Å². The summed E-state index contributed by atoms with van der Waals surface area (Å²) < 4.78 is 5.18. The van der Waals surface area contributed by atoms with Gasteiger partial charge in [-0.1, -0.05) is 0 Å². The zero-order chi connectivity index (χ0) is 14.9. The number of rotatable bonds is 3. The molecule has 1 heterocycles. The van der Waals surface area contributed by atoms with Gasteiger partial charge in [0.15, 0.2) is 0 Å². The van der Waals surface area contributed by atoms with Gasteiger partial charge >= 0.3 is 123 Å². The minimum atomic E-state index is -0.845. The van der Waals surface area contributed by atoms with Crippen LogP contribution in [0.3, 0.4) is 0 Å². The van der Waals surface area contributed by atoms with Gasteiger partial charge in [-0.25, -0.2) is 0 Å². The van der Waals surface area contributed by atoms with E-state index in [-0.39, 0.29) is 26.8 Å². The van der Waals surface area contributed by atoms with Crippen LogP contribution in [0.15, 0.2) is 18.2 Å². The fourth-order valence-electron chi connectivity index (χ4n) is 2.37. The quantitative estimate of drug-likeness (QED) is 0.613. The zero-order valence-electron chi connectivity index (χ0n) is 11.5. The molecule has 6 heteroatoms. The second kappa shape index (κ2) is 5.28. The Morgan fingerprint density at radius 2 is 2.15 bits per heavy atom. The van der Waals surface area contributed by atoms with Crippen molar-refractivity contribution in [1.82, 2.24) is 4.90 Å². The molecular weight excluding hydrogens is 323 g/mol. The van der Waals surface area contributed by atoms with E-state index < -0.39 is 5.41 Å². The predicted octanol–water partition coefficient (Wildman–Crippen LogP) is 1.17. The number of methoxy groups -OCH3 is 1. The van der Waals surface area contributed by atoms with Crippen LogP contribution in [0.2, 0.25) is 5.32 Å². The Morgan fingerprint density at radius 1 is 1.45 bits per heavy atom. The standard InChI is InChI=1S/C14H14N2O3Se/c1-14(7-20-8-15)11-6-9(19-3)4-5-10(11)12(17)16(2)13(14)18/h4-6H,7H2,1-3H3. The first-order chi connectivity index (χ1) is 9.45. The second-order valence-corrected chi connectivity index (χ2v) is 6.39. The van der Waals surface area contributed by atoms with Crippen LogP contribution in [-0.4, -0.2) is 45.8 Å². The van der Waals surface area contributed by atoms with E-state index in [4.69, 9.17) is 10.00 Å². The van der Waals surface area contributed by atoms with Gasteiger partial charge in [-0.15, -0.1) is 0 Å². The molecular formula is C14H14N2O3Se. The fraction of sp³-hybridized carbons (Fsp3) is 0.357. The third-order valence-corrected chi connectivity index (χ3v) is 5.34. The number of nitrogens with zero attached hydrogens (tertiary/aromatic N) is 2. The number of hydrogen-bond acceptors (Lipinski definition) is 4. The molecule has 1 aliphatic heterocycles. The average Bonchev–Trinajstić information content (AvgIpc) is 2.48. The van der Waals surface area contributed by atoms with Gasteiger partial charge in [-0.3, -0.25) is 0 Å². The molecule has 2 rings (SSSR count). The number of carbonyl (C=O) groups is 2. The number of likely N-dealkylation sites (N-methyl/N-ethyl adjacent to an activating group) is 1. The third kappa shape index (κ3) is 2.09. The van der Waals surface area contributed by atoms with E-state index in [1.165, 1.54) is 14.2 Å². The molecule has 2 amide bonds. The number of amides is 2. The fourth-order valence-corrected chi connectivity index (χ4v) is 3.69. The predicted molar refractivity (Wildman–Crippen MR) is 73.6 cm³/mol. The van der Waals surface area contributed by atoms with Crippen LogP contribution in [0.5, 0.6) is 5.75 Å². The van der Waals surface area contributed by atoms with Crippen molar-refractivity contribution < 1.29 is 14.3 Å². The maximum absolute atomic E-state index is 12.5. The van der Waals surface area contributed by atoms with E-state index >= 15 is 0 Å². The maximum atomic E-state index is 12.5. The van der Waals surface area contributed by atoms with Crippen LogP contribution < -0.4 is 4.74 Å². The number of benzene rings is 1. The third-order valence-electron chi connectivity index (χ3n) is 3.56. The van der Waals surface area contributed by atoms with Crippen molar-refractivity contribution in [3.05, 3.63) is 29.3 Å². The van der Waals surface area contributed by atoms with Gasteiger partial charge in [0.05, 0.1) is 0 Å². The first kappa shape index (κ1) is 14.6. The Bertz CT molecular complexity index is 623. The van der Waals surface area contributed by atoms with Crippen molar-refractivity contribution in [1.29, 1.82) is 5.26 Å². The van der Waals surface area contributed by atoms with Crippen molar-refractivity contribution in [2.75, 3.05) is 14.2 Å². The second-order valence-electron chi connectivity index (χ2n) is 4.79. The van der Waals surface area contributed by atoms with Crippen LogP contribution in [0.25, 0.3) is 0 Å². The Labute approximate surface area is 123 Å². The molecule has 1 aromatic carbocycles. The van der Waals surface area contributed by atoms with Crippen LogP contribution in [0, 0.1) is 10.2 Å². The summed E-state index contributed by atoms with van der Waals surface area (Å²) in [6.45, 7) is 1.79. The molecule has 0 aliphatic carbocycles. The molecule has 0 saturated carbocycles. The topological polar surface area (TPSA) is 70.4 Å². The van der Waals surface area contributed by atoms with Crippen molar-refractivity contribution in [3.8, 4) is 10.7 Å². The number of imide groups is 1. The summed E-state index contributed by atoms with van der Waals surface area (Å²) in [5.74, 6) is 0.0274. The summed E-state index contributed by atoms with van der Waals surface area (Å²) in [5.41, 5.74) is 0.314. The number of carbonyl (C=O) groups excluding carboxylic acids is 2. The van der Waals surface area contributed by atoms with E-state index in [2.05, 4.69) is 4.97 Å². The van der Waals surface area contributed by atoms with Crippen LogP contribution in [-0.2, 0) is 10.2 Å². The van der Waals surface area contributed by atoms with Crippen LogP contribution in [0.4, 0.5) is 0 Å². The Balaban J connectivity index is 2.64. The summed E-state index contributed by atoms with van der Waals surface area (Å²) >= 11 is -0.314. The Kier molecular flexibility index (Phi) is 3.85. The van der Waals surface area contributed by atoms with Crippen LogP contribution in [0.1, 0.15) is 22.8 Å². The van der Waals surface area contributed by atoms with Crippen molar-refractivity contribution in [2.24, 2.45) is 0 Å². The van der Waals surface area contributed by atoms with E-state index in [1.54, 1.807) is 25.1 Å². The summed E-state index contributed by atoms with van der Waals surface area (Å²) in [6, 6.07) is 5.11. The first-order valence-electron chi connectivity index (χ1n) is 5.97. The SMILES string of the molecule is COc1ccc2c(c1)C(C)(C[Se]C#N)C(=O)N(C)C2=O. The van der Waals surface area contributed by atoms with Crippen molar-refractivity contribution >= 4 is 26.8 Å². The van der Waals surface area contributed by atoms with E-state index in [1.807, 2.05) is 0 Å². The van der Waals surface area contributed by atoms with Gasteiger partial charge in [0.1, 0.15) is 0 Å². The molecule has 0 bridgehead atoms. The normalized spacial score (nSPS) is 21.4. The average molecular weight is 337 g/mol. The monoisotopic (exact) mass is 338 g/mol. The molecule has 1 unspecified atom stereocenters. The summed E-state index contributed by atoms with van der Waals surface area (Å²) in [4.78, 5) is 27.9. The molecule has 0 radical (unpaired) electrons. The molecule has 0 fully saturated rings. The first-order valence-corrected chi connectivity index (χ1v) is 8.04. The molecule has 5 nitrogen and oxygen atoms in total. The van der Waals surface area contributed by atoms with Crippen molar-refractivity contribution in [3.63, 3.8) is 0 Å². The summed E-state index contributed by atoms with van der Waals surface area (Å²) in [5, 5.41) is 9.26. The summed E-state index contributed by atoms with van der Waals surface area (Å²) in [7, 11) is 3.02.